The highest BCUT2D eigenvalue weighted by molar-refractivity contribution is 8.01. The van der Waals surface area contributed by atoms with Crippen LogP contribution in [0, 0.1) is 0 Å². The van der Waals surface area contributed by atoms with Gasteiger partial charge in [-0.3, -0.25) is 0 Å². The van der Waals surface area contributed by atoms with Gasteiger partial charge in [0, 0.05) is 11.1 Å². The van der Waals surface area contributed by atoms with Gasteiger partial charge in [-0.15, -0.1) is 11.3 Å². The van der Waals surface area contributed by atoms with Gasteiger partial charge in [0.25, 0.3) is 0 Å². The lowest BCUT2D eigenvalue weighted by atomic mass is 10.3. The summed E-state index contributed by atoms with van der Waals surface area (Å²) in [5.41, 5.74) is 6.59. The number of fused-ring (bicyclic) bond motifs is 1. The largest absolute Gasteiger partial charge is 0.384 e. The molecule has 0 fully saturated rings. The minimum atomic E-state index is 0.540. The van der Waals surface area contributed by atoms with E-state index >= 15 is 0 Å². The average molecular weight is 259 g/mol. The van der Waals surface area contributed by atoms with Crippen molar-refractivity contribution in [3.8, 4) is 0 Å². The molecule has 17 heavy (non-hydrogen) atoms. The number of anilines is 1. The molecule has 0 aliphatic heterocycles. The van der Waals surface area contributed by atoms with Crippen molar-refractivity contribution in [1.82, 2.24) is 9.97 Å². The topological polar surface area (TPSA) is 51.8 Å². The van der Waals surface area contributed by atoms with E-state index < -0.39 is 0 Å². The van der Waals surface area contributed by atoms with Gasteiger partial charge in [0.15, 0.2) is 4.34 Å². The lowest BCUT2D eigenvalue weighted by Crippen LogP contribution is -1.87. The summed E-state index contributed by atoms with van der Waals surface area (Å²) in [6, 6.07) is 11.9. The molecule has 3 nitrogen and oxygen atoms in total. The predicted octanol–water partition coefficient (Wildman–Crippen LogP) is 3.42. The fourth-order valence-corrected chi connectivity index (χ4v) is 3.46. The van der Waals surface area contributed by atoms with Crippen LogP contribution in [0.5, 0.6) is 0 Å². The van der Waals surface area contributed by atoms with Crippen LogP contribution in [-0.2, 0) is 0 Å². The number of nitrogen functional groups attached to an aromatic ring is 1. The molecule has 0 aliphatic carbocycles. The average Bonchev–Trinajstić information content (AvgIpc) is 2.74. The molecule has 0 radical (unpaired) electrons. The second kappa shape index (κ2) is 4.35. The molecule has 3 aromatic rings. The van der Waals surface area contributed by atoms with Gasteiger partial charge in [-0.1, -0.05) is 23.9 Å². The van der Waals surface area contributed by atoms with E-state index in [1.807, 2.05) is 24.3 Å². The van der Waals surface area contributed by atoms with E-state index in [0.717, 1.165) is 14.8 Å². The van der Waals surface area contributed by atoms with Crippen molar-refractivity contribution in [1.29, 1.82) is 0 Å². The number of nitrogens with two attached hydrogens (primary N) is 1. The van der Waals surface area contributed by atoms with Crippen molar-refractivity contribution >= 4 is 39.1 Å². The number of hydrogen-bond donors (Lipinski definition) is 1. The molecule has 1 aromatic carbocycles. The summed E-state index contributed by atoms with van der Waals surface area (Å²) in [4.78, 5) is 9.67. The number of nitrogens with zero attached hydrogens (tertiary/aromatic N) is 2. The zero-order valence-electron chi connectivity index (χ0n) is 8.83. The first-order chi connectivity index (χ1) is 8.31. The Morgan fingerprint density at radius 2 is 2.00 bits per heavy atom. The maximum atomic E-state index is 5.55. The highest BCUT2D eigenvalue weighted by Crippen LogP contribution is 2.33. The van der Waals surface area contributed by atoms with Crippen molar-refractivity contribution in [2.75, 3.05) is 5.73 Å². The van der Waals surface area contributed by atoms with Gasteiger partial charge >= 0.3 is 0 Å². The summed E-state index contributed by atoms with van der Waals surface area (Å²) in [7, 11) is 0. The highest BCUT2D eigenvalue weighted by Gasteiger charge is 2.05. The van der Waals surface area contributed by atoms with E-state index in [4.69, 9.17) is 5.73 Å². The van der Waals surface area contributed by atoms with Gasteiger partial charge < -0.3 is 5.73 Å². The van der Waals surface area contributed by atoms with Crippen LogP contribution in [0.4, 0.5) is 5.82 Å². The van der Waals surface area contributed by atoms with Gasteiger partial charge in [0.1, 0.15) is 5.82 Å². The van der Waals surface area contributed by atoms with Gasteiger partial charge in [-0.05, 0) is 24.3 Å². The Morgan fingerprint density at radius 1 is 1.12 bits per heavy atom. The Kier molecular flexibility index (Phi) is 2.70. The molecule has 84 valence electrons. The smallest absolute Gasteiger partial charge is 0.155 e. The normalized spacial score (nSPS) is 10.8. The first-order valence-corrected chi connectivity index (χ1v) is 6.69. The molecule has 0 unspecified atom stereocenters. The zero-order valence-corrected chi connectivity index (χ0v) is 10.5. The van der Waals surface area contributed by atoms with Crippen LogP contribution in [-0.4, -0.2) is 9.97 Å². The monoisotopic (exact) mass is 259 g/mol. The molecule has 2 N–H and O–H groups in total. The molecule has 0 saturated carbocycles. The number of thiazole rings is 1. The summed E-state index contributed by atoms with van der Waals surface area (Å²) < 4.78 is 2.23. The molecule has 0 bridgehead atoms. The minimum Gasteiger partial charge on any atom is -0.384 e. The van der Waals surface area contributed by atoms with Crippen molar-refractivity contribution < 1.29 is 0 Å². The van der Waals surface area contributed by atoms with Gasteiger partial charge in [-0.2, -0.15) is 0 Å². The van der Waals surface area contributed by atoms with Crippen LogP contribution < -0.4 is 5.73 Å². The molecule has 3 rings (SSSR count). The molecule has 0 aliphatic rings. The Bertz CT molecular complexity index is 613. The first kappa shape index (κ1) is 10.6. The maximum absolute atomic E-state index is 5.55. The lowest BCUT2D eigenvalue weighted by Gasteiger charge is -1.96. The summed E-state index contributed by atoms with van der Waals surface area (Å²) in [5, 5.41) is 0. The quantitative estimate of drug-likeness (QED) is 0.766. The number of aromatic nitrogens is 2. The third-order valence-electron chi connectivity index (χ3n) is 2.24. The second-order valence-corrected chi connectivity index (χ2v) is 5.82. The van der Waals surface area contributed by atoms with E-state index in [9.17, 15) is 0 Å². The predicted molar refractivity (Wildman–Crippen MR) is 72.4 cm³/mol. The second-order valence-electron chi connectivity index (χ2n) is 3.47. The fraction of sp³-hybridized carbons (Fsp3) is 0. The van der Waals surface area contributed by atoms with E-state index in [2.05, 4.69) is 16.0 Å². The van der Waals surface area contributed by atoms with Gasteiger partial charge in [0.2, 0.25) is 0 Å². The molecular formula is C12H9N3S2. The van der Waals surface area contributed by atoms with E-state index in [1.54, 1.807) is 35.4 Å². The van der Waals surface area contributed by atoms with Crippen LogP contribution in [0.3, 0.4) is 0 Å². The van der Waals surface area contributed by atoms with Crippen molar-refractivity contribution in [2.45, 2.75) is 9.24 Å². The number of benzene rings is 1. The summed E-state index contributed by atoms with van der Waals surface area (Å²) >= 11 is 3.30. The number of para-hydroxylation sites is 1. The van der Waals surface area contributed by atoms with Crippen LogP contribution in [0.2, 0.25) is 0 Å². The number of pyridine rings is 1. The molecule has 5 heteroatoms. The van der Waals surface area contributed by atoms with Gasteiger partial charge in [0.05, 0.1) is 10.2 Å². The zero-order chi connectivity index (χ0) is 11.7. The summed E-state index contributed by atoms with van der Waals surface area (Å²) in [6.45, 7) is 0. The van der Waals surface area contributed by atoms with E-state index in [-0.39, 0.29) is 0 Å². The Hall–Kier alpha value is -1.59. The maximum Gasteiger partial charge on any atom is 0.155 e. The Labute approximate surface area is 107 Å². The third-order valence-corrected chi connectivity index (χ3v) is 4.31. The Balaban J connectivity index is 1.92. The molecule has 0 spiro atoms. The molecule has 0 atom stereocenters. The van der Waals surface area contributed by atoms with Crippen molar-refractivity contribution in [3.05, 3.63) is 42.6 Å². The molecular weight excluding hydrogens is 250 g/mol. The molecule has 0 saturated heterocycles. The fourth-order valence-electron chi connectivity index (χ4n) is 1.45. The standard InChI is InChI=1S/C12H9N3S2/c13-11-6-5-8(7-14-11)16-12-15-9-3-1-2-4-10(9)17-12/h1-7H,(H2,13,14). The van der Waals surface area contributed by atoms with Crippen LogP contribution >= 0.6 is 23.1 Å². The minimum absolute atomic E-state index is 0.540. The van der Waals surface area contributed by atoms with Crippen molar-refractivity contribution in [2.24, 2.45) is 0 Å². The SMILES string of the molecule is Nc1ccc(Sc2nc3ccccc3s2)cn1. The van der Waals surface area contributed by atoms with Gasteiger partial charge in [-0.25, -0.2) is 9.97 Å². The highest BCUT2D eigenvalue weighted by atomic mass is 32.2. The van der Waals surface area contributed by atoms with Crippen molar-refractivity contribution in [3.63, 3.8) is 0 Å². The first-order valence-electron chi connectivity index (χ1n) is 5.06. The molecule has 2 aromatic heterocycles. The Morgan fingerprint density at radius 3 is 2.76 bits per heavy atom. The molecule has 0 amide bonds. The van der Waals surface area contributed by atoms with Crippen LogP contribution in [0.25, 0.3) is 10.2 Å². The summed E-state index contributed by atoms with van der Waals surface area (Å²) in [5.74, 6) is 0.540. The number of hydrogen-bond acceptors (Lipinski definition) is 5. The third kappa shape index (κ3) is 2.25. The molecule has 2 heterocycles. The summed E-state index contributed by atoms with van der Waals surface area (Å²) in [6.07, 6.45) is 1.77. The van der Waals surface area contributed by atoms with E-state index in [1.165, 1.54) is 4.70 Å². The van der Waals surface area contributed by atoms with Crippen LogP contribution in [0.1, 0.15) is 0 Å². The van der Waals surface area contributed by atoms with Crippen LogP contribution in [0.15, 0.2) is 51.8 Å². The number of rotatable bonds is 2. The lowest BCUT2D eigenvalue weighted by molar-refractivity contribution is 1.23. The van der Waals surface area contributed by atoms with E-state index in [0.29, 0.717) is 5.82 Å².